The van der Waals surface area contributed by atoms with Gasteiger partial charge in [-0.2, -0.15) is 0 Å². The lowest BCUT2D eigenvalue weighted by molar-refractivity contribution is -0.317. The third kappa shape index (κ3) is 4.35. The highest BCUT2D eigenvalue weighted by atomic mass is 35.5. The molecule has 150 valence electrons. The fourth-order valence-electron chi connectivity index (χ4n) is 3.29. The van der Waals surface area contributed by atoms with Crippen molar-refractivity contribution in [3.05, 3.63) is 69.7 Å². The average Bonchev–Trinajstić information content (AvgIpc) is 2.69. The molecule has 0 saturated carbocycles. The topological polar surface area (TPSA) is 77.4 Å². The van der Waals surface area contributed by atoms with Crippen molar-refractivity contribution in [1.82, 2.24) is 0 Å². The van der Waals surface area contributed by atoms with Crippen LogP contribution in [-0.4, -0.2) is 47.8 Å². The fraction of sp³-hybridized carbons (Fsp3) is 0.400. The van der Waals surface area contributed by atoms with Gasteiger partial charge >= 0.3 is 0 Å². The Morgan fingerprint density at radius 1 is 0.714 bits per heavy atom. The van der Waals surface area contributed by atoms with E-state index in [4.69, 9.17) is 42.1 Å². The van der Waals surface area contributed by atoms with Gasteiger partial charge in [-0.25, -0.2) is 0 Å². The Bertz CT molecular complexity index is 751. The van der Waals surface area contributed by atoms with E-state index in [0.29, 0.717) is 21.2 Å². The molecule has 6 atom stereocenters. The van der Waals surface area contributed by atoms with Crippen LogP contribution < -0.4 is 0 Å². The van der Waals surface area contributed by atoms with E-state index >= 15 is 0 Å². The van der Waals surface area contributed by atoms with E-state index < -0.39 is 37.0 Å². The Kier molecular flexibility index (Phi) is 6.20. The van der Waals surface area contributed by atoms with Crippen LogP contribution >= 0.6 is 23.2 Å². The van der Waals surface area contributed by atoms with Crippen molar-refractivity contribution in [2.45, 2.75) is 37.0 Å². The normalized spacial score (nSPS) is 33.6. The average molecular weight is 427 g/mol. The first-order valence-electron chi connectivity index (χ1n) is 8.92. The lowest BCUT2D eigenvalue weighted by Crippen LogP contribution is -2.54. The van der Waals surface area contributed by atoms with Crippen LogP contribution in [0.15, 0.2) is 48.5 Å². The first-order valence-corrected chi connectivity index (χ1v) is 9.68. The zero-order chi connectivity index (χ0) is 19.7. The molecule has 2 heterocycles. The van der Waals surface area contributed by atoms with E-state index in [9.17, 15) is 10.2 Å². The molecular weight excluding hydrogens is 407 g/mol. The molecule has 28 heavy (non-hydrogen) atoms. The number of benzene rings is 2. The summed E-state index contributed by atoms with van der Waals surface area (Å²) in [4.78, 5) is 0. The van der Waals surface area contributed by atoms with Crippen LogP contribution in [0.1, 0.15) is 23.7 Å². The van der Waals surface area contributed by atoms with Gasteiger partial charge in [0.1, 0.15) is 24.4 Å². The highest BCUT2D eigenvalue weighted by molar-refractivity contribution is 6.30. The fourth-order valence-corrected chi connectivity index (χ4v) is 3.69. The third-order valence-corrected chi connectivity index (χ3v) is 5.24. The zero-order valence-corrected chi connectivity index (χ0v) is 16.3. The second-order valence-corrected chi connectivity index (χ2v) is 7.64. The lowest BCUT2D eigenvalue weighted by atomic mass is 10.0. The Hall–Kier alpha value is -1.22. The smallest absolute Gasteiger partial charge is 0.184 e. The minimum atomic E-state index is -1.20. The number of aliphatic hydroxyl groups excluding tert-OH is 2. The molecule has 0 aliphatic carbocycles. The maximum absolute atomic E-state index is 10.6. The minimum absolute atomic E-state index is 0.0114. The van der Waals surface area contributed by atoms with Gasteiger partial charge < -0.3 is 29.2 Å². The highest BCUT2D eigenvalue weighted by Crippen LogP contribution is 2.33. The van der Waals surface area contributed by atoms with Crippen molar-refractivity contribution in [1.29, 1.82) is 0 Å². The number of aliphatic hydroxyl groups is 2. The Morgan fingerprint density at radius 3 is 1.54 bits per heavy atom. The number of rotatable bonds is 2. The van der Waals surface area contributed by atoms with E-state index in [1.807, 2.05) is 12.1 Å². The van der Waals surface area contributed by atoms with Gasteiger partial charge in [-0.3, -0.25) is 0 Å². The zero-order valence-electron chi connectivity index (χ0n) is 14.8. The molecule has 8 heteroatoms. The molecule has 0 amide bonds. The summed E-state index contributed by atoms with van der Waals surface area (Å²) >= 11 is 12.1. The molecule has 2 bridgehead atoms. The maximum Gasteiger partial charge on any atom is 0.184 e. The van der Waals surface area contributed by atoms with Gasteiger partial charge in [0.05, 0.1) is 13.2 Å². The second-order valence-electron chi connectivity index (χ2n) is 6.77. The first kappa shape index (κ1) is 20.1. The van der Waals surface area contributed by atoms with E-state index in [1.165, 1.54) is 0 Å². The molecule has 2 aliphatic heterocycles. The first-order chi connectivity index (χ1) is 13.5. The molecule has 6 nitrogen and oxygen atoms in total. The highest BCUT2D eigenvalue weighted by Gasteiger charge is 2.42. The van der Waals surface area contributed by atoms with Crippen LogP contribution in [0.3, 0.4) is 0 Å². The van der Waals surface area contributed by atoms with Gasteiger partial charge in [-0.15, -0.1) is 0 Å². The minimum Gasteiger partial charge on any atom is -0.387 e. The Labute approximate surface area is 172 Å². The van der Waals surface area contributed by atoms with Crippen LogP contribution in [0.4, 0.5) is 0 Å². The summed E-state index contributed by atoms with van der Waals surface area (Å²) in [5, 5.41) is 22.2. The van der Waals surface area contributed by atoms with Gasteiger partial charge in [0.15, 0.2) is 12.6 Å². The molecule has 2 saturated heterocycles. The van der Waals surface area contributed by atoms with Crippen LogP contribution in [0.5, 0.6) is 0 Å². The largest absolute Gasteiger partial charge is 0.387 e. The summed E-state index contributed by atoms with van der Waals surface area (Å²) in [6, 6.07) is 14.2. The van der Waals surface area contributed by atoms with Crippen LogP contribution in [-0.2, 0) is 18.9 Å². The monoisotopic (exact) mass is 426 g/mol. The second kappa shape index (κ2) is 8.65. The molecule has 0 aromatic heterocycles. The summed E-state index contributed by atoms with van der Waals surface area (Å²) in [6.07, 6.45) is -5.60. The van der Waals surface area contributed by atoms with Crippen molar-refractivity contribution in [2.24, 2.45) is 0 Å². The summed E-state index contributed by atoms with van der Waals surface area (Å²) in [5.74, 6) is 0. The quantitative estimate of drug-likeness (QED) is 0.767. The lowest BCUT2D eigenvalue weighted by Gasteiger charge is -2.41. The maximum atomic E-state index is 10.6. The van der Waals surface area contributed by atoms with Crippen molar-refractivity contribution in [3.8, 4) is 0 Å². The number of hydrogen-bond donors (Lipinski definition) is 2. The molecular formula is C20H20Cl2O6. The summed E-state index contributed by atoms with van der Waals surface area (Å²) in [5.41, 5.74) is 1.40. The molecule has 2 aliphatic rings. The van der Waals surface area contributed by atoms with Crippen LogP contribution in [0.25, 0.3) is 0 Å². The van der Waals surface area contributed by atoms with Crippen molar-refractivity contribution in [3.63, 3.8) is 0 Å². The number of halogens is 2. The van der Waals surface area contributed by atoms with Gasteiger partial charge in [-0.1, -0.05) is 47.5 Å². The van der Waals surface area contributed by atoms with Gasteiger partial charge in [0.2, 0.25) is 0 Å². The number of fused-ring (bicyclic) bond motifs is 3. The summed E-state index contributed by atoms with van der Waals surface area (Å²) in [6.45, 7) is -0.0227. The Morgan fingerprint density at radius 2 is 1.14 bits per heavy atom. The molecule has 2 aromatic carbocycles. The SMILES string of the molecule is O[C@@H]1[C@@H](O)[C@H]2COC(c3cccc(Cl)c3)O[C@H]1COC(c1cccc(Cl)c1)O2. The molecule has 4 rings (SSSR count). The van der Waals surface area contributed by atoms with E-state index in [-0.39, 0.29) is 13.2 Å². The van der Waals surface area contributed by atoms with Crippen LogP contribution in [0, 0.1) is 0 Å². The molecule has 2 N–H and O–H groups in total. The molecule has 0 spiro atoms. The molecule has 2 unspecified atom stereocenters. The summed E-state index contributed by atoms with van der Waals surface area (Å²) in [7, 11) is 0. The Balaban J connectivity index is 1.60. The third-order valence-electron chi connectivity index (χ3n) is 4.77. The van der Waals surface area contributed by atoms with Crippen molar-refractivity contribution < 1.29 is 29.2 Å². The summed E-state index contributed by atoms with van der Waals surface area (Å²) < 4.78 is 23.6. The van der Waals surface area contributed by atoms with Gasteiger partial charge in [0, 0.05) is 21.2 Å². The van der Waals surface area contributed by atoms with E-state index in [1.54, 1.807) is 36.4 Å². The predicted molar refractivity (Wildman–Crippen MR) is 102 cm³/mol. The molecule has 2 aromatic rings. The van der Waals surface area contributed by atoms with Gasteiger partial charge in [-0.05, 0) is 24.3 Å². The predicted octanol–water partition coefficient (Wildman–Crippen LogP) is 3.24. The molecule has 0 radical (unpaired) electrons. The number of ether oxygens (including phenoxy) is 4. The molecule has 2 fully saturated rings. The van der Waals surface area contributed by atoms with E-state index in [2.05, 4.69) is 0 Å². The van der Waals surface area contributed by atoms with E-state index in [0.717, 1.165) is 0 Å². The van der Waals surface area contributed by atoms with Gasteiger partial charge in [0.25, 0.3) is 0 Å². The number of hydrogen-bond acceptors (Lipinski definition) is 6. The standard InChI is InChI=1S/C20H20Cl2O6/c21-13-5-1-3-11(7-13)19-25-9-16-18(24)17(23)15(27-19)10-26-20(28-16)12-4-2-6-14(22)8-12/h1-8,15-20,23-24H,9-10H2/t15-,16+,17-,18-,19?,20?/m0/s1. The van der Waals surface area contributed by atoms with Crippen molar-refractivity contribution >= 4 is 23.2 Å². The van der Waals surface area contributed by atoms with Crippen molar-refractivity contribution in [2.75, 3.05) is 13.2 Å². The van der Waals surface area contributed by atoms with Crippen LogP contribution in [0.2, 0.25) is 10.0 Å².